The molecule has 1 aliphatic heterocycles. The summed E-state index contributed by atoms with van der Waals surface area (Å²) in [6.45, 7) is 1.83. The van der Waals surface area contributed by atoms with Crippen LogP contribution in [-0.4, -0.2) is 28.1 Å². The molecule has 2 amide bonds. The number of carbonyl (C=O) groups excluding carboxylic acids is 1. The van der Waals surface area contributed by atoms with E-state index in [1.165, 1.54) is 0 Å². The molecule has 1 saturated heterocycles. The second-order valence-electron chi connectivity index (χ2n) is 2.79. The molecule has 0 saturated carbocycles. The van der Waals surface area contributed by atoms with Crippen LogP contribution in [0.15, 0.2) is 0 Å². The number of aliphatic carboxylic acids is 1. The van der Waals surface area contributed by atoms with Crippen molar-refractivity contribution in [2.45, 2.75) is 19.4 Å². The molecule has 3 N–H and O–H groups in total. The van der Waals surface area contributed by atoms with Gasteiger partial charge in [0.1, 0.15) is 6.04 Å². The number of hydrogen-bond donors (Lipinski definition) is 3. The van der Waals surface area contributed by atoms with Crippen LogP contribution in [0.5, 0.6) is 0 Å². The maximum atomic E-state index is 10.9. The fourth-order valence-electron chi connectivity index (χ4n) is 1.29. The average molecular weight is 202 g/mol. The molecule has 0 aromatic rings. The lowest BCUT2D eigenvalue weighted by Crippen LogP contribution is -2.60. The van der Waals surface area contributed by atoms with Crippen molar-refractivity contribution in [2.24, 2.45) is 5.92 Å². The molecular weight excluding hydrogens is 192 g/mol. The molecule has 5 nitrogen and oxygen atoms in total. The molecule has 72 valence electrons. The first-order valence-electron chi connectivity index (χ1n) is 3.90. The summed E-state index contributed by atoms with van der Waals surface area (Å²) >= 11 is 4.86. The lowest BCUT2D eigenvalue weighted by atomic mass is 9.95. The Morgan fingerprint density at radius 2 is 2.31 bits per heavy atom. The summed E-state index contributed by atoms with van der Waals surface area (Å²) in [5.41, 5.74) is 0. The number of thiocarbonyl (C=S) groups is 1. The molecule has 0 radical (unpaired) electrons. The molecule has 2 atom stereocenters. The predicted octanol–water partition coefficient (Wildman–Crippen LogP) is 0.106. The van der Waals surface area contributed by atoms with Crippen LogP contribution in [0.25, 0.3) is 0 Å². The topological polar surface area (TPSA) is 78.4 Å². The van der Waals surface area contributed by atoms with Gasteiger partial charge in [0.15, 0.2) is 0 Å². The van der Waals surface area contributed by atoms with Gasteiger partial charge in [-0.25, -0.2) is 9.59 Å². The first kappa shape index (κ1) is 9.91. The van der Waals surface area contributed by atoms with Gasteiger partial charge in [0.05, 0.1) is 4.99 Å². The van der Waals surface area contributed by atoms with Crippen LogP contribution >= 0.6 is 12.2 Å². The zero-order valence-corrected chi connectivity index (χ0v) is 7.85. The highest BCUT2D eigenvalue weighted by Gasteiger charge is 2.35. The van der Waals surface area contributed by atoms with Crippen molar-refractivity contribution in [3.05, 3.63) is 0 Å². The number of rotatable bonds is 2. The van der Waals surface area contributed by atoms with Gasteiger partial charge in [-0.2, -0.15) is 0 Å². The summed E-state index contributed by atoms with van der Waals surface area (Å²) in [4.78, 5) is 21.9. The molecule has 6 heteroatoms. The van der Waals surface area contributed by atoms with Gasteiger partial charge in [-0.3, -0.25) is 0 Å². The van der Waals surface area contributed by atoms with E-state index in [9.17, 15) is 9.59 Å². The van der Waals surface area contributed by atoms with Gasteiger partial charge < -0.3 is 15.7 Å². The fourth-order valence-corrected chi connectivity index (χ4v) is 1.68. The van der Waals surface area contributed by atoms with Crippen molar-refractivity contribution in [1.29, 1.82) is 0 Å². The largest absolute Gasteiger partial charge is 0.480 e. The second-order valence-corrected chi connectivity index (χ2v) is 3.23. The Kier molecular flexibility index (Phi) is 2.82. The summed E-state index contributed by atoms with van der Waals surface area (Å²) in [7, 11) is 0. The quantitative estimate of drug-likeness (QED) is 0.555. The second kappa shape index (κ2) is 3.69. The van der Waals surface area contributed by atoms with Crippen molar-refractivity contribution in [3.63, 3.8) is 0 Å². The summed E-state index contributed by atoms with van der Waals surface area (Å²) < 4.78 is 0. The number of amides is 2. The highest BCUT2D eigenvalue weighted by atomic mass is 32.1. The maximum Gasteiger partial charge on any atom is 0.326 e. The molecule has 0 unspecified atom stereocenters. The van der Waals surface area contributed by atoms with E-state index in [2.05, 4.69) is 10.6 Å². The summed E-state index contributed by atoms with van der Waals surface area (Å²) in [5.74, 6) is -1.37. The minimum absolute atomic E-state index is 0.304. The zero-order valence-electron chi connectivity index (χ0n) is 7.03. The molecule has 0 spiro atoms. The standard InChI is InChI=1S/C7H10N2O3S/c1-2-3-4(6(10)11)8-7(12)9-5(3)13/h3-4H,2H2,1H3,(H,10,11)(H2,8,9,12,13)/t3-,4+/m1/s1. The van der Waals surface area contributed by atoms with E-state index in [-0.39, 0.29) is 5.92 Å². The first-order valence-corrected chi connectivity index (χ1v) is 4.31. The van der Waals surface area contributed by atoms with E-state index < -0.39 is 18.0 Å². The molecule has 1 rings (SSSR count). The molecule has 1 heterocycles. The van der Waals surface area contributed by atoms with E-state index >= 15 is 0 Å². The molecule has 0 bridgehead atoms. The van der Waals surface area contributed by atoms with Crippen molar-refractivity contribution in [2.75, 3.05) is 0 Å². The lowest BCUT2D eigenvalue weighted by Gasteiger charge is -2.29. The molecule has 1 fully saturated rings. The Hall–Kier alpha value is -1.17. The monoisotopic (exact) mass is 202 g/mol. The number of hydrogen-bond acceptors (Lipinski definition) is 3. The summed E-state index contributed by atoms with van der Waals surface area (Å²) in [6, 6.07) is -1.44. The predicted molar refractivity (Wildman–Crippen MR) is 49.5 cm³/mol. The van der Waals surface area contributed by atoms with Gasteiger partial charge in [0.25, 0.3) is 0 Å². The van der Waals surface area contributed by atoms with E-state index in [1.54, 1.807) is 0 Å². The minimum Gasteiger partial charge on any atom is -0.480 e. The van der Waals surface area contributed by atoms with Crippen LogP contribution in [0.4, 0.5) is 4.79 Å². The Bertz CT molecular complexity index is 266. The molecule has 0 aromatic heterocycles. The van der Waals surface area contributed by atoms with Crippen LogP contribution in [-0.2, 0) is 4.79 Å². The van der Waals surface area contributed by atoms with Crippen molar-refractivity contribution < 1.29 is 14.7 Å². The van der Waals surface area contributed by atoms with Crippen LogP contribution in [0.2, 0.25) is 0 Å². The first-order chi connectivity index (χ1) is 6.06. The Labute approximate surface area is 80.5 Å². The Morgan fingerprint density at radius 1 is 1.69 bits per heavy atom. The normalized spacial score (nSPS) is 27.8. The lowest BCUT2D eigenvalue weighted by molar-refractivity contribution is -0.140. The maximum absolute atomic E-state index is 10.9. The van der Waals surface area contributed by atoms with E-state index in [0.29, 0.717) is 11.4 Å². The van der Waals surface area contributed by atoms with Crippen LogP contribution in [0.3, 0.4) is 0 Å². The van der Waals surface area contributed by atoms with Crippen LogP contribution in [0.1, 0.15) is 13.3 Å². The van der Waals surface area contributed by atoms with Gasteiger partial charge in [-0.1, -0.05) is 19.1 Å². The third-order valence-corrected chi connectivity index (χ3v) is 2.37. The number of nitrogens with one attached hydrogen (secondary N) is 2. The molecule has 13 heavy (non-hydrogen) atoms. The van der Waals surface area contributed by atoms with E-state index in [4.69, 9.17) is 17.3 Å². The number of urea groups is 1. The number of carbonyl (C=O) groups is 2. The third kappa shape index (κ3) is 1.95. The SMILES string of the molecule is CC[C@H]1C(=S)NC(=O)N[C@@H]1C(=O)O. The van der Waals surface area contributed by atoms with Gasteiger partial charge >= 0.3 is 12.0 Å². The van der Waals surface area contributed by atoms with Crippen LogP contribution in [0, 0.1) is 5.92 Å². The number of carboxylic acid groups (broad SMARTS) is 1. The van der Waals surface area contributed by atoms with Gasteiger partial charge in [-0.15, -0.1) is 0 Å². The van der Waals surface area contributed by atoms with Gasteiger partial charge in [-0.05, 0) is 6.42 Å². The highest BCUT2D eigenvalue weighted by Crippen LogP contribution is 2.14. The van der Waals surface area contributed by atoms with Crippen molar-refractivity contribution in [1.82, 2.24) is 10.6 Å². The zero-order chi connectivity index (χ0) is 10.0. The Morgan fingerprint density at radius 3 is 2.77 bits per heavy atom. The molecule has 0 aliphatic carbocycles. The van der Waals surface area contributed by atoms with Crippen molar-refractivity contribution >= 4 is 29.2 Å². The smallest absolute Gasteiger partial charge is 0.326 e. The van der Waals surface area contributed by atoms with E-state index in [0.717, 1.165) is 0 Å². The van der Waals surface area contributed by atoms with Crippen molar-refractivity contribution in [3.8, 4) is 0 Å². The van der Waals surface area contributed by atoms with Crippen LogP contribution < -0.4 is 10.6 Å². The van der Waals surface area contributed by atoms with E-state index in [1.807, 2.05) is 6.92 Å². The van der Waals surface area contributed by atoms with Gasteiger partial charge in [0, 0.05) is 5.92 Å². The third-order valence-electron chi connectivity index (χ3n) is 1.97. The molecule has 1 aliphatic rings. The van der Waals surface area contributed by atoms with Gasteiger partial charge in [0.2, 0.25) is 0 Å². The minimum atomic E-state index is -1.05. The molecular formula is C7H10N2O3S. The highest BCUT2D eigenvalue weighted by molar-refractivity contribution is 7.80. The fraction of sp³-hybridized carbons (Fsp3) is 0.571. The summed E-state index contributed by atoms with van der Waals surface area (Å²) in [5, 5.41) is 13.5. The number of carboxylic acids is 1. The summed E-state index contributed by atoms with van der Waals surface area (Å²) in [6.07, 6.45) is 0.586. The molecule has 0 aromatic carbocycles. The average Bonchev–Trinajstić information content (AvgIpc) is 2.02. The Balaban J connectivity index is 2.83.